The standard InChI is InChI=1S/C13H16ClN3S/c1-3-4-12-10(6-14)7-15-13(17-12)5-11-8-18-9(2)16-11/h7-8H,3-6H2,1-2H3. The first-order chi connectivity index (χ1) is 8.72. The molecule has 0 N–H and O–H groups in total. The fraction of sp³-hybridized carbons (Fsp3) is 0.462. The van der Waals surface area contributed by atoms with Crippen LogP contribution in [0, 0.1) is 6.92 Å². The SMILES string of the molecule is CCCc1nc(Cc2csc(C)n2)ncc1CCl. The predicted octanol–water partition coefficient (Wildman–Crippen LogP) is 3.52. The van der Waals surface area contributed by atoms with Gasteiger partial charge in [-0.2, -0.15) is 0 Å². The molecule has 96 valence electrons. The van der Waals surface area contributed by atoms with Gasteiger partial charge in [-0.1, -0.05) is 13.3 Å². The van der Waals surface area contributed by atoms with Crippen molar-refractivity contribution in [2.24, 2.45) is 0 Å². The highest BCUT2D eigenvalue weighted by Crippen LogP contribution is 2.14. The third kappa shape index (κ3) is 3.27. The molecule has 0 aromatic carbocycles. The quantitative estimate of drug-likeness (QED) is 0.787. The number of rotatable bonds is 5. The van der Waals surface area contributed by atoms with E-state index in [1.807, 2.05) is 13.1 Å². The first-order valence-electron chi connectivity index (χ1n) is 6.03. The molecule has 2 rings (SSSR count). The Balaban J connectivity index is 2.20. The van der Waals surface area contributed by atoms with Gasteiger partial charge in [0.15, 0.2) is 0 Å². The summed E-state index contributed by atoms with van der Waals surface area (Å²) in [5.74, 6) is 1.31. The lowest BCUT2D eigenvalue weighted by Gasteiger charge is -2.06. The highest BCUT2D eigenvalue weighted by Gasteiger charge is 2.08. The largest absolute Gasteiger partial charge is 0.246 e. The molecule has 0 radical (unpaired) electrons. The fourth-order valence-corrected chi connectivity index (χ4v) is 2.62. The number of hydrogen-bond acceptors (Lipinski definition) is 4. The summed E-state index contributed by atoms with van der Waals surface area (Å²) < 4.78 is 0. The summed E-state index contributed by atoms with van der Waals surface area (Å²) in [5.41, 5.74) is 3.15. The predicted molar refractivity (Wildman–Crippen MR) is 75.2 cm³/mol. The number of halogens is 1. The van der Waals surface area contributed by atoms with Crippen molar-refractivity contribution in [1.29, 1.82) is 0 Å². The summed E-state index contributed by atoms with van der Waals surface area (Å²) in [5, 5.41) is 3.14. The normalized spacial score (nSPS) is 10.8. The van der Waals surface area contributed by atoms with Gasteiger partial charge < -0.3 is 0 Å². The molecular weight excluding hydrogens is 266 g/mol. The molecule has 0 unspecified atom stereocenters. The van der Waals surface area contributed by atoms with Crippen molar-refractivity contribution < 1.29 is 0 Å². The Morgan fingerprint density at radius 1 is 1.33 bits per heavy atom. The monoisotopic (exact) mass is 281 g/mol. The molecule has 3 nitrogen and oxygen atoms in total. The lowest BCUT2D eigenvalue weighted by Crippen LogP contribution is -2.04. The molecule has 0 saturated heterocycles. The van der Waals surface area contributed by atoms with E-state index in [0.29, 0.717) is 12.3 Å². The minimum absolute atomic E-state index is 0.478. The molecule has 0 fully saturated rings. The molecule has 0 bridgehead atoms. The van der Waals surface area contributed by atoms with Gasteiger partial charge in [0.25, 0.3) is 0 Å². The lowest BCUT2D eigenvalue weighted by atomic mass is 10.1. The third-order valence-electron chi connectivity index (χ3n) is 2.64. The molecule has 0 aliphatic rings. The molecule has 18 heavy (non-hydrogen) atoms. The van der Waals surface area contributed by atoms with Crippen LogP contribution in [-0.4, -0.2) is 15.0 Å². The van der Waals surface area contributed by atoms with E-state index in [2.05, 4.69) is 27.3 Å². The number of aryl methyl sites for hydroxylation is 2. The van der Waals surface area contributed by atoms with Crippen molar-refractivity contribution in [3.05, 3.63) is 39.4 Å². The number of hydrogen-bond donors (Lipinski definition) is 0. The molecule has 0 saturated carbocycles. The second-order valence-corrected chi connectivity index (χ2v) is 5.51. The summed E-state index contributed by atoms with van der Waals surface area (Å²) in [7, 11) is 0. The first-order valence-corrected chi connectivity index (χ1v) is 7.45. The van der Waals surface area contributed by atoms with Crippen molar-refractivity contribution in [3.8, 4) is 0 Å². The molecule has 2 aromatic rings. The second kappa shape index (κ2) is 6.25. The van der Waals surface area contributed by atoms with Crippen LogP contribution in [0.4, 0.5) is 0 Å². The minimum atomic E-state index is 0.478. The van der Waals surface area contributed by atoms with E-state index in [1.165, 1.54) is 0 Å². The topological polar surface area (TPSA) is 38.7 Å². The van der Waals surface area contributed by atoms with Gasteiger partial charge in [-0.05, 0) is 13.3 Å². The molecule has 2 aromatic heterocycles. The van der Waals surface area contributed by atoms with Gasteiger partial charge in [0.1, 0.15) is 5.82 Å². The summed E-state index contributed by atoms with van der Waals surface area (Å²) in [6, 6.07) is 0. The van der Waals surface area contributed by atoms with E-state index < -0.39 is 0 Å². The Morgan fingerprint density at radius 2 is 2.17 bits per heavy atom. The first kappa shape index (κ1) is 13.4. The molecule has 0 aliphatic carbocycles. The van der Waals surface area contributed by atoms with Crippen LogP contribution in [0.5, 0.6) is 0 Å². The van der Waals surface area contributed by atoms with Crippen molar-refractivity contribution in [1.82, 2.24) is 15.0 Å². The van der Waals surface area contributed by atoms with Gasteiger partial charge >= 0.3 is 0 Å². The third-order valence-corrected chi connectivity index (χ3v) is 3.75. The highest BCUT2D eigenvalue weighted by atomic mass is 35.5. The molecule has 0 amide bonds. The molecular formula is C13H16ClN3S. The zero-order valence-corrected chi connectivity index (χ0v) is 12.2. The molecule has 2 heterocycles. The van der Waals surface area contributed by atoms with E-state index in [0.717, 1.165) is 40.6 Å². The van der Waals surface area contributed by atoms with Crippen LogP contribution in [0.3, 0.4) is 0 Å². The van der Waals surface area contributed by atoms with E-state index in [9.17, 15) is 0 Å². The second-order valence-electron chi connectivity index (χ2n) is 4.18. The number of nitrogens with zero attached hydrogens (tertiary/aromatic N) is 3. The van der Waals surface area contributed by atoms with E-state index in [1.54, 1.807) is 11.3 Å². The Bertz CT molecular complexity index is 525. The zero-order valence-electron chi connectivity index (χ0n) is 10.6. The van der Waals surface area contributed by atoms with Crippen LogP contribution in [-0.2, 0) is 18.7 Å². The van der Waals surface area contributed by atoms with E-state index >= 15 is 0 Å². The van der Waals surface area contributed by atoms with Gasteiger partial charge in [-0.15, -0.1) is 22.9 Å². The molecule has 0 aliphatic heterocycles. The van der Waals surface area contributed by atoms with E-state index in [4.69, 9.17) is 11.6 Å². The maximum atomic E-state index is 5.89. The number of thiazole rings is 1. The lowest BCUT2D eigenvalue weighted by molar-refractivity contribution is 0.821. The highest BCUT2D eigenvalue weighted by molar-refractivity contribution is 7.09. The van der Waals surface area contributed by atoms with Gasteiger partial charge in [0.2, 0.25) is 0 Å². The van der Waals surface area contributed by atoms with Crippen molar-refractivity contribution in [3.63, 3.8) is 0 Å². The average molecular weight is 282 g/mol. The van der Waals surface area contributed by atoms with Gasteiger partial charge in [-0.25, -0.2) is 15.0 Å². The smallest absolute Gasteiger partial charge is 0.134 e. The Hall–Kier alpha value is -1.00. The summed E-state index contributed by atoms with van der Waals surface area (Å²) >= 11 is 7.55. The Kier molecular flexibility index (Phi) is 4.66. The van der Waals surface area contributed by atoms with Crippen molar-refractivity contribution in [2.75, 3.05) is 0 Å². The fourth-order valence-electron chi connectivity index (χ4n) is 1.78. The maximum Gasteiger partial charge on any atom is 0.134 e. The summed E-state index contributed by atoms with van der Waals surface area (Å²) in [6.07, 6.45) is 4.56. The van der Waals surface area contributed by atoms with Crippen LogP contribution < -0.4 is 0 Å². The Morgan fingerprint density at radius 3 is 2.78 bits per heavy atom. The van der Waals surface area contributed by atoms with Crippen molar-refractivity contribution >= 4 is 22.9 Å². The number of alkyl halides is 1. The molecule has 0 spiro atoms. The zero-order chi connectivity index (χ0) is 13.0. The van der Waals surface area contributed by atoms with Crippen molar-refractivity contribution in [2.45, 2.75) is 39.0 Å². The summed E-state index contributed by atoms with van der Waals surface area (Å²) in [4.78, 5) is 13.4. The van der Waals surface area contributed by atoms with E-state index in [-0.39, 0.29) is 0 Å². The van der Waals surface area contributed by atoms with Crippen LogP contribution in [0.2, 0.25) is 0 Å². The van der Waals surface area contributed by atoms with Crippen LogP contribution in [0.15, 0.2) is 11.6 Å². The van der Waals surface area contributed by atoms with Crippen LogP contribution in [0.1, 0.15) is 41.1 Å². The van der Waals surface area contributed by atoms with Gasteiger partial charge in [0.05, 0.1) is 23.0 Å². The molecule has 0 atom stereocenters. The summed E-state index contributed by atoms with van der Waals surface area (Å²) in [6.45, 7) is 4.15. The Labute approximate surface area is 116 Å². The van der Waals surface area contributed by atoms with Crippen LogP contribution in [0.25, 0.3) is 0 Å². The van der Waals surface area contributed by atoms with Gasteiger partial charge in [-0.3, -0.25) is 0 Å². The number of aromatic nitrogens is 3. The van der Waals surface area contributed by atoms with Gasteiger partial charge in [0, 0.05) is 22.8 Å². The molecule has 5 heteroatoms. The minimum Gasteiger partial charge on any atom is -0.246 e. The van der Waals surface area contributed by atoms with Crippen LogP contribution >= 0.6 is 22.9 Å². The average Bonchev–Trinajstić information content (AvgIpc) is 2.76. The maximum absolute atomic E-state index is 5.89.